The Hall–Kier alpha value is -0.260. The summed E-state index contributed by atoms with van der Waals surface area (Å²) in [5, 5.41) is 10.3. The monoisotopic (exact) mass is 220 g/mol. The molecule has 0 bridgehead atoms. The SMILES string of the molecule is CN1CCC(O)(C2(N)CC(F)(F)C2)CC1. The quantitative estimate of drug-likeness (QED) is 0.679. The van der Waals surface area contributed by atoms with E-state index >= 15 is 0 Å². The fourth-order valence-electron chi connectivity index (χ4n) is 2.69. The van der Waals surface area contributed by atoms with Crippen molar-refractivity contribution in [2.75, 3.05) is 20.1 Å². The Labute approximate surface area is 88.2 Å². The van der Waals surface area contributed by atoms with Gasteiger partial charge in [0.2, 0.25) is 0 Å². The number of likely N-dealkylation sites (tertiary alicyclic amines) is 1. The van der Waals surface area contributed by atoms with Crippen molar-refractivity contribution in [1.82, 2.24) is 4.90 Å². The number of halogens is 2. The predicted molar refractivity (Wildman–Crippen MR) is 52.8 cm³/mol. The van der Waals surface area contributed by atoms with Crippen LogP contribution in [0.15, 0.2) is 0 Å². The number of alkyl halides is 2. The minimum Gasteiger partial charge on any atom is -0.388 e. The van der Waals surface area contributed by atoms with Gasteiger partial charge in [-0.2, -0.15) is 0 Å². The standard InChI is InChI=1S/C10H18F2N2O/c1-14-4-2-9(15,3-5-14)8(13)6-10(11,12)7-8/h15H,2-7,13H2,1H3. The number of nitrogens with two attached hydrogens (primary N) is 1. The Bertz CT molecular complexity index is 254. The van der Waals surface area contributed by atoms with Crippen LogP contribution in [0.3, 0.4) is 0 Å². The minimum absolute atomic E-state index is 0.375. The van der Waals surface area contributed by atoms with Crippen LogP contribution in [0.25, 0.3) is 0 Å². The van der Waals surface area contributed by atoms with Crippen LogP contribution in [0.2, 0.25) is 0 Å². The number of piperidine rings is 1. The van der Waals surface area contributed by atoms with Crippen molar-refractivity contribution in [2.24, 2.45) is 5.73 Å². The summed E-state index contributed by atoms with van der Waals surface area (Å²) in [6, 6.07) is 0. The van der Waals surface area contributed by atoms with Crippen LogP contribution < -0.4 is 5.73 Å². The zero-order chi connectivity index (χ0) is 11.3. The van der Waals surface area contributed by atoms with Crippen LogP contribution in [0.4, 0.5) is 8.78 Å². The summed E-state index contributed by atoms with van der Waals surface area (Å²) in [6.45, 7) is 1.45. The lowest BCUT2D eigenvalue weighted by molar-refractivity contribution is -0.202. The molecule has 1 saturated carbocycles. The van der Waals surface area contributed by atoms with Crippen molar-refractivity contribution in [3.63, 3.8) is 0 Å². The highest BCUT2D eigenvalue weighted by atomic mass is 19.3. The van der Waals surface area contributed by atoms with Gasteiger partial charge >= 0.3 is 0 Å². The second kappa shape index (κ2) is 3.12. The summed E-state index contributed by atoms with van der Waals surface area (Å²) >= 11 is 0. The van der Waals surface area contributed by atoms with E-state index in [1.165, 1.54) is 0 Å². The third-order valence-corrected chi connectivity index (χ3v) is 3.89. The predicted octanol–water partition coefficient (Wildman–Crippen LogP) is 0.570. The first-order valence-corrected chi connectivity index (χ1v) is 5.34. The molecule has 0 aromatic carbocycles. The molecule has 2 rings (SSSR count). The van der Waals surface area contributed by atoms with Gasteiger partial charge in [0.05, 0.1) is 11.1 Å². The third-order valence-electron chi connectivity index (χ3n) is 3.89. The van der Waals surface area contributed by atoms with Gasteiger partial charge in [0, 0.05) is 25.9 Å². The molecule has 2 fully saturated rings. The van der Waals surface area contributed by atoms with Crippen LogP contribution >= 0.6 is 0 Å². The van der Waals surface area contributed by atoms with Crippen LogP contribution in [0, 0.1) is 0 Å². The molecular weight excluding hydrogens is 202 g/mol. The maximum atomic E-state index is 12.8. The van der Waals surface area contributed by atoms with Gasteiger partial charge < -0.3 is 15.7 Å². The first kappa shape index (κ1) is 11.2. The van der Waals surface area contributed by atoms with Gasteiger partial charge in [0.15, 0.2) is 0 Å². The van der Waals surface area contributed by atoms with E-state index in [0.717, 1.165) is 13.1 Å². The maximum absolute atomic E-state index is 12.8. The van der Waals surface area contributed by atoms with E-state index in [1.54, 1.807) is 0 Å². The minimum atomic E-state index is -2.67. The van der Waals surface area contributed by atoms with Crippen LogP contribution in [-0.4, -0.2) is 47.2 Å². The molecule has 5 heteroatoms. The molecule has 0 atom stereocenters. The van der Waals surface area contributed by atoms with Crippen molar-refractivity contribution in [3.05, 3.63) is 0 Å². The Morgan fingerprint density at radius 1 is 1.20 bits per heavy atom. The lowest BCUT2D eigenvalue weighted by atomic mass is 9.61. The molecule has 88 valence electrons. The zero-order valence-electron chi connectivity index (χ0n) is 8.97. The molecule has 0 spiro atoms. The Balaban J connectivity index is 2.04. The van der Waals surface area contributed by atoms with Crippen LogP contribution in [0.5, 0.6) is 0 Å². The van der Waals surface area contributed by atoms with Gasteiger partial charge in [-0.15, -0.1) is 0 Å². The first-order chi connectivity index (χ1) is 6.77. The van der Waals surface area contributed by atoms with Gasteiger partial charge in [-0.25, -0.2) is 8.78 Å². The zero-order valence-corrected chi connectivity index (χ0v) is 8.97. The Kier molecular flexibility index (Phi) is 2.34. The third kappa shape index (κ3) is 1.77. The molecule has 1 heterocycles. The van der Waals surface area contributed by atoms with E-state index < -0.39 is 17.1 Å². The van der Waals surface area contributed by atoms with Crippen molar-refractivity contribution >= 4 is 0 Å². The molecule has 3 nitrogen and oxygen atoms in total. The summed E-state index contributed by atoms with van der Waals surface area (Å²) in [5.41, 5.74) is 3.72. The van der Waals surface area contributed by atoms with E-state index in [2.05, 4.69) is 4.90 Å². The second-order valence-corrected chi connectivity index (χ2v) is 5.20. The summed E-state index contributed by atoms with van der Waals surface area (Å²) in [6.07, 6.45) is 0.243. The first-order valence-electron chi connectivity index (χ1n) is 5.34. The summed E-state index contributed by atoms with van der Waals surface area (Å²) in [7, 11) is 1.96. The van der Waals surface area contributed by atoms with Gasteiger partial charge in [-0.3, -0.25) is 0 Å². The summed E-state index contributed by atoms with van der Waals surface area (Å²) in [4.78, 5) is 2.08. The highest BCUT2D eigenvalue weighted by Crippen LogP contribution is 2.51. The van der Waals surface area contributed by atoms with E-state index in [4.69, 9.17) is 5.73 Å². The van der Waals surface area contributed by atoms with Crippen molar-refractivity contribution in [3.8, 4) is 0 Å². The second-order valence-electron chi connectivity index (χ2n) is 5.20. The number of aliphatic hydroxyl groups is 1. The van der Waals surface area contributed by atoms with Crippen molar-refractivity contribution in [1.29, 1.82) is 0 Å². The van der Waals surface area contributed by atoms with Crippen molar-refractivity contribution in [2.45, 2.75) is 42.7 Å². The summed E-state index contributed by atoms with van der Waals surface area (Å²) < 4.78 is 25.7. The Morgan fingerprint density at radius 2 is 1.67 bits per heavy atom. The van der Waals surface area contributed by atoms with E-state index in [-0.39, 0.29) is 12.8 Å². The van der Waals surface area contributed by atoms with E-state index in [9.17, 15) is 13.9 Å². The highest BCUT2D eigenvalue weighted by molar-refractivity contribution is 5.15. The average Bonchev–Trinajstić information content (AvgIpc) is 2.07. The molecule has 3 N–H and O–H groups in total. The molecule has 0 aromatic heterocycles. The topological polar surface area (TPSA) is 49.5 Å². The van der Waals surface area contributed by atoms with Gasteiger partial charge in [-0.05, 0) is 19.9 Å². The van der Waals surface area contributed by atoms with Gasteiger partial charge in [-0.1, -0.05) is 0 Å². The average molecular weight is 220 g/mol. The van der Waals surface area contributed by atoms with Gasteiger partial charge in [0.25, 0.3) is 5.92 Å². The fourth-order valence-corrected chi connectivity index (χ4v) is 2.69. The molecule has 0 amide bonds. The normalized spacial score (nSPS) is 33.4. The van der Waals surface area contributed by atoms with Crippen molar-refractivity contribution < 1.29 is 13.9 Å². The largest absolute Gasteiger partial charge is 0.388 e. The molecule has 0 unspecified atom stereocenters. The molecule has 0 radical (unpaired) electrons. The molecule has 1 aliphatic carbocycles. The smallest absolute Gasteiger partial charge is 0.251 e. The molecular formula is C10H18F2N2O. The molecule has 1 saturated heterocycles. The van der Waals surface area contributed by atoms with Gasteiger partial charge in [0.1, 0.15) is 0 Å². The lowest BCUT2D eigenvalue weighted by Gasteiger charge is -2.56. The number of nitrogens with zero attached hydrogens (tertiary/aromatic N) is 1. The van der Waals surface area contributed by atoms with E-state index in [1.807, 2.05) is 7.05 Å². The highest BCUT2D eigenvalue weighted by Gasteiger charge is 2.63. The van der Waals surface area contributed by atoms with Crippen LogP contribution in [-0.2, 0) is 0 Å². The van der Waals surface area contributed by atoms with Crippen LogP contribution in [0.1, 0.15) is 25.7 Å². The Morgan fingerprint density at radius 3 is 2.07 bits per heavy atom. The molecule has 0 aromatic rings. The maximum Gasteiger partial charge on any atom is 0.251 e. The molecule has 2 aliphatic rings. The number of rotatable bonds is 1. The summed E-state index contributed by atoms with van der Waals surface area (Å²) in [5.74, 6) is -2.67. The molecule has 15 heavy (non-hydrogen) atoms. The molecule has 1 aliphatic heterocycles. The number of hydrogen-bond donors (Lipinski definition) is 2. The van der Waals surface area contributed by atoms with E-state index in [0.29, 0.717) is 12.8 Å². The lowest BCUT2D eigenvalue weighted by Crippen LogP contribution is -2.72. The number of hydrogen-bond acceptors (Lipinski definition) is 3. The fraction of sp³-hybridized carbons (Fsp3) is 1.00.